The monoisotopic (exact) mass is 302 g/mol. The van der Waals surface area contributed by atoms with Gasteiger partial charge >= 0.3 is 0 Å². The van der Waals surface area contributed by atoms with E-state index in [2.05, 4.69) is 25.8 Å². The van der Waals surface area contributed by atoms with Gasteiger partial charge in [-0.3, -0.25) is 4.79 Å². The highest BCUT2D eigenvalue weighted by atomic mass is 16.1. The van der Waals surface area contributed by atoms with Gasteiger partial charge in [0.1, 0.15) is 0 Å². The summed E-state index contributed by atoms with van der Waals surface area (Å²) < 4.78 is 0. The molecule has 1 nitrogen and oxygen atoms in total. The third-order valence-corrected chi connectivity index (χ3v) is 3.80. The first-order valence-corrected chi connectivity index (χ1v) is 7.78. The van der Waals surface area contributed by atoms with Crippen molar-refractivity contribution in [2.24, 2.45) is 0 Å². The molecule has 0 spiro atoms. The second-order valence-electron chi connectivity index (χ2n) is 5.45. The second kappa shape index (κ2) is 8.09. The van der Waals surface area contributed by atoms with Gasteiger partial charge in [0.25, 0.3) is 0 Å². The van der Waals surface area contributed by atoms with Crippen molar-refractivity contribution < 1.29 is 4.79 Å². The number of hydrogen-bond donors (Lipinski definition) is 0. The molecule has 0 aliphatic heterocycles. The van der Waals surface area contributed by atoms with Gasteiger partial charge in [-0.15, -0.1) is 19.7 Å². The van der Waals surface area contributed by atoms with Crippen LogP contribution in [-0.4, -0.2) is 5.78 Å². The zero-order chi connectivity index (χ0) is 16.7. The summed E-state index contributed by atoms with van der Waals surface area (Å²) >= 11 is 0. The van der Waals surface area contributed by atoms with Crippen molar-refractivity contribution in [3.8, 4) is 0 Å². The Morgan fingerprint density at radius 1 is 0.783 bits per heavy atom. The number of allylic oxidation sites excluding steroid dienone is 3. The van der Waals surface area contributed by atoms with Gasteiger partial charge in [0.05, 0.1) is 0 Å². The van der Waals surface area contributed by atoms with Crippen molar-refractivity contribution >= 4 is 5.78 Å². The summed E-state index contributed by atoms with van der Waals surface area (Å²) in [5, 5.41) is 0. The standard InChI is InChI=1S/C22H22O/c1-4-10-18-15-20(12-6-3)21(16-19(18)11-5-2)22(23)17-13-8-7-9-14-17/h4-9,13-16H,1-3,10-12H2. The molecular formula is C22H22O. The number of rotatable bonds is 8. The van der Waals surface area contributed by atoms with Crippen molar-refractivity contribution in [3.05, 3.63) is 108 Å². The quantitative estimate of drug-likeness (QED) is 0.489. The molecule has 0 amide bonds. The molecule has 0 aromatic heterocycles. The van der Waals surface area contributed by atoms with E-state index in [4.69, 9.17) is 0 Å². The third kappa shape index (κ3) is 3.95. The Balaban J connectivity index is 2.57. The van der Waals surface area contributed by atoms with Crippen LogP contribution in [0.4, 0.5) is 0 Å². The summed E-state index contributed by atoms with van der Waals surface area (Å²) in [4.78, 5) is 12.9. The average molecular weight is 302 g/mol. The topological polar surface area (TPSA) is 17.1 Å². The number of carbonyl (C=O) groups is 1. The molecule has 0 atom stereocenters. The highest BCUT2D eigenvalue weighted by molar-refractivity contribution is 6.10. The molecule has 0 bridgehead atoms. The lowest BCUT2D eigenvalue weighted by Gasteiger charge is -2.14. The first-order chi connectivity index (χ1) is 11.2. The Kier molecular flexibility index (Phi) is 5.87. The molecule has 0 N–H and O–H groups in total. The van der Waals surface area contributed by atoms with E-state index in [1.54, 1.807) is 0 Å². The van der Waals surface area contributed by atoms with E-state index in [0.29, 0.717) is 12.0 Å². The number of ketones is 1. The molecule has 2 rings (SSSR count). The van der Waals surface area contributed by atoms with Crippen LogP contribution in [0, 0.1) is 0 Å². The van der Waals surface area contributed by atoms with Crippen LogP contribution in [0.3, 0.4) is 0 Å². The maximum absolute atomic E-state index is 12.9. The van der Waals surface area contributed by atoms with Crippen molar-refractivity contribution in [2.75, 3.05) is 0 Å². The third-order valence-electron chi connectivity index (χ3n) is 3.80. The summed E-state index contributed by atoms with van der Waals surface area (Å²) in [6, 6.07) is 13.5. The summed E-state index contributed by atoms with van der Waals surface area (Å²) in [6.45, 7) is 11.5. The highest BCUT2D eigenvalue weighted by Gasteiger charge is 2.15. The Bertz CT molecular complexity index is 723. The normalized spacial score (nSPS) is 10.1. The molecule has 0 aliphatic carbocycles. The number of benzene rings is 2. The Labute approximate surface area is 138 Å². The molecule has 0 unspecified atom stereocenters. The predicted molar refractivity (Wildman–Crippen MR) is 98.0 cm³/mol. The first kappa shape index (κ1) is 16.7. The van der Waals surface area contributed by atoms with Gasteiger partial charge in [0, 0.05) is 11.1 Å². The van der Waals surface area contributed by atoms with Crippen LogP contribution in [0.5, 0.6) is 0 Å². The van der Waals surface area contributed by atoms with Gasteiger partial charge in [0.15, 0.2) is 5.78 Å². The number of carbonyl (C=O) groups excluding carboxylic acids is 1. The molecule has 1 heteroatoms. The van der Waals surface area contributed by atoms with Gasteiger partial charge in [-0.2, -0.15) is 0 Å². The van der Waals surface area contributed by atoms with Crippen LogP contribution in [-0.2, 0) is 19.3 Å². The molecule has 2 aromatic carbocycles. The van der Waals surface area contributed by atoms with Gasteiger partial charge in [-0.1, -0.05) is 54.6 Å². The van der Waals surface area contributed by atoms with E-state index in [9.17, 15) is 4.79 Å². The molecule has 0 aliphatic rings. The first-order valence-electron chi connectivity index (χ1n) is 7.78. The Morgan fingerprint density at radius 3 is 1.87 bits per heavy atom. The maximum Gasteiger partial charge on any atom is 0.193 e. The largest absolute Gasteiger partial charge is 0.289 e. The molecule has 23 heavy (non-hydrogen) atoms. The van der Waals surface area contributed by atoms with Crippen molar-refractivity contribution in [3.63, 3.8) is 0 Å². The summed E-state index contributed by atoms with van der Waals surface area (Å²) in [5.74, 6) is 0.0536. The average Bonchev–Trinajstić information content (AvgIpc) is 2.58. The minimum absolute atomic E-state index is 0.0536. The molecular weight excluding hydrogens is 280 g/mol. The minimum Gasteiger partial charge on any atom is -0.289 e. The Hall–Kier alpha value is -2.67. The second-order valence-corrected chi connectivity index (χ2v) is 5.45. The Morgan fingerprint density at radius 2 is 1.30 bits per heavy atom. The minimum atomic E-state index is 0.0536. The van der Waals surface area contributed by atoms with Gasteiger partial charge in [-0.05, 0) is 42.0 Å². The van der Waals surface area contributed by atoms with E-state index in [-0.39, 0.29) is 5.78 Å². The van der Waals surface area contributed by atoms with Crippen LogP contribution >= 0.6 is 0 Å². The predicted octanol–water partition coefficient (Wildman–Crippen LogP) is 5.10. The van der Waals surface area contributed by atoms with Crippen molar-refractivity contribution in [1.82, 2.24) is 0 Å². The van der Waals surface area contributed by atoms with Crippen LogP contribution in [0.1, 0.15) is 32.6 Å². The summed E-state index contributed by atoms with van der Waals surface area (Å²) in [6.07, 6.45) is 7.79. The van der Waals surface area contributed by atoms with E-state index in [0.717, 1.165) is 29.5 Å². The zero-order valence-electron chi connectivity index (χ0n) is 13.4. The van der Waals surface area contributed by atoms with Crippen LogP contribution in [0.15, 0.2) is 80.4 Å². The lowest BCUT2D eigenvalue weighted by molar-refractivity contribution is 0.103. The fraction of sp³-hybridized carbons (Fsp3) is 0.136. The van der Waals surface area contributed by atoms with Crippen LogP contribution in [0.2, 0.25) is 0 Å². The molecule has 0 saturated carbocycles. The van der Waals surface area contributed by atoms with Crippen molar-refractivity contribution in [1.29, 1.82) is 0 Å². The molecule has 0 radical (unpaired) electrons. The van der Waals surface area contributed by atoms with Gasteiger partial charge in [0.2, 0.25) is 0 Å². The fourth-order valence-electron chi connectivity index (χ4n) is 2.71. The molecule has 0 saturated heterocycles. The van der Waals surface area contributed by atoms with Gasteiger partial charge < -0.3 is 0 Å². The smallest absolute Gasteiger partial charge is 0.193 e. The maximum atomic E-state index is 12.9. The van der Waals surface area contributed by atoms with Crippen LogP contribution < -0.4 is 0 Å². The summed E-state index contributed by atoms with van der Waals surface area (Å²) in [5.41, 5.74) is 4.80. The number of hydrogen-bond acceptors (Lipinski definition) is 1. The van der Waals surface area contributed by atoms with E-state index in [1.165, 1.54) is 5.56 Å². The molecule has 116 valence electrons. The lowest BCUT2D eigenvalue weighted by atomic mass is 9.89. The summed E-state index contributed by atoms with van der Waals surface area (Å²) in [7, 11) is 0. The SMILES string of the molecule is C=CCc1cc(CC=C)c(C(=O)c2ccccc2)cc1CC=C. The van der Waals surface area contributed by atoms with E-state index < -0.39 is 0 Å². The van der Waals surface area contributed by atoms with Gasteiger partial charge in [-0.25, -0.2) is 0 Å². The molecule has 0 fully saturated rings. The van der Waals surface area contributed by atoms with E-state index in [1.807, 2.05) is 54.6 Å². The van der Waals surface area contributed by atoms with E-state index >= 15 is 0 Å². The fourth-order valence-corrected chi connectivity index (χ4v) is 2.71. The molecule has 0 heterocycles. The van der Waals surface area contributed by atoms with Crippen molar-refractivity contribution in [2.45, 2.75) is 19.3 Å². The molecule has 2 aromatic rings. The zero-order valence-corrected chi connectivity index (χ0v) is 13.4. The van der Waals surface area contributed by atoms with Crippen LogP contribution in [0.25, 0.3) is 0 Å². The lowest BCUT2D eigenvalue weighted by Crippen LogP contribution is -2.08. The highest BCUT2D eigenvalue weighted by Crippen LogP contribution is 2.23.